The lowest BCUT2D eigenvalue weighted by Gasteiger charge is -2.36. The zero-order chi connectivity index (χ0) is 13.2. The van der Waals surface area contributed by atoms with Crippen molar-refractivity contribution in [2.75, 3.05) is 26.3 Å². The number of ether oxygens (including phenoxy) is 1. The molecule has 5 heteroatoms. The van der Waals surface area contributed by atoms with E-state index in [9.17, 15) is 4.79 Å². The third kappa shape index (κ3) is 4.07. The van der Waals surface area contributed by atoms with Gasteiger partial charge in [0.1, 0.15) is 0 Å². The summed E-state index contributed by atoms with van der Waals surface area (Å²) < 4.78 is 5.31. The molecule has 0 atom stereocenters. The molecule has 2 fully saturated rings. The van der Waals surface area contributed by atoms with Crippen LogP contribution in [0.15, 0.2) is 0 Å². The Balaban J connectivity index is 0.00000180. The fraction of sp³-hybridized carbons (Fsp3) is 0.929. The minimum absolute atomic E-state index is 0. The highest BCUT2D eigenvalue weighted by atomic mass is 35.5. The smallest absolute Gasteiger partial charge is 0.242 e. The average Bonchev–Trinajstić information content (AvgIpc) is 2.50. The molecule has 0 aromatic rings. The van der Waals surface area contributed by atoms with Crippen molar-refractivity contribution < 1.29 is 9.53 Å². The molecule has 2 aliphatic heterocycles. The molecule has 0 radical (unpaired) electrons. The van der Waals surface area contributed by atoms with Gasteiger partial charge < -0.3 is 15.4 Å². The molecule has 0 unspecified atom stereocenters. The minimum Gasteiger partial charge on any atom is -0.381 e. The minimum atomic E-state index is -0.674. The number of nitrogens with zero attached hydrogens (tertiary/aromatic N) is 1. The van der Waals surface area contributed by atoms with Crippen LogP contribution in [-0.2, 0) is 9.53 Å². The standard InChI is InChI=1S/C14H26N2O2.ClH/c1-13(2)4-3-8-16(9-5-13)12(17)14(15)6-10-18-11-7-14;/h3-11,15H2,1-2H3;1H. The van der Waals surface area contributed by atoms with E-state index in [0.29, 0.717) is 31.5 Å². The Hall–Kier alpha value is -0.320. The molecule has 4 nitrogen and oxygen atoms in total. The molecule has 19 heavy (non-hydrogen) atoms. The van der Waals surface area contributed by atoms with Gasteiger partial charge in [-0.15, -0.1) is 12.4 Å². The molecular weight excluding hydrogens is 264 g/mol. The number of likely N-dealkylation sites (tertiary alicyclic amines) is 1. The Kier molecular flexibility index (Phi) is 5.65. The van der Waals surface area contributed by atoms with Gasteiger partial charge in [0.2, 0.25) is 5.91 Å². The Morgan fingerprint density at radius 1 is 1.11 bits per heavy atom. The summed E-state index contributed by atoms with van der Waals surface area (Å²) in [4.78, 5) is 14.6. The van der Waals surface area contributed by atoms with Crippen LogP contribution in [0.25, 0.3) is 0 Å². The molecule has 1 amide bonds. The molecular formula is C14H27ClN2O2. The maximum Gasteiger partial charge on any atom is 0.242 e. The highest BCUT2D eigenvalue weighted by Gasteiger charge is 2.39. The molecule has 0 aromatic heterocycles. The van der Waals surface area contributed by atoms with Gasteiger partial charge in [0.25, 0.3) is 0 Å². The molecule has 2 aliphatic rings. The van der Waals surface area contributed by atoms with Crippen molar-refractivity contribution in [1.29, 1.82) is 0 Å². The predicted octanol–water partition coefficient (Wildman–Crippen LogP) is 1.95. The normalized spacial score (nSPS) is 26.2. The van der Waals surface area contributed by atoms with E-state index in [1.54, 1.807) is 0 Å². The van der Waals surface area contributed by atoms with Crippen LogP contribution < -0.4 is 5.73 Å². The lowest BCUT2D eigenvalue weighted by molar-refractivity contribution is -0.140. The Morgan fingerprint density at radius 2 is 1.74 bits per heavy atom. The van der Waals surface area contributed by atoms with Gasteiger partial charge in [-0.05, 0) is 37.5 Å². The topological polar surface area (TPSA) is 55.6 Å². The van der Waals surface area contributed by atoms with E-state index in [1.165, 1.54) is 6.42 Å². The molecule has 0 aromatic carbocycles. The molecule has 2 saturated heterocycles. The number of carbonyl (C=O) groups is 1. The van der Waals surface area contributed by atoms with Gasteiger partial charge in [0, 0.05) is 26.3 Å². The van der Waals surface area contributed by atoms with Gasteiger partial charge in [-0.1, -0.05) is 13.8 Å². The van der Waals surface area contributed by atoms with Crippen LogP contribution in [0.4, 0.5) is 0 Å². The van der Waals surface area contributed by atoms with Crippen LogP contribution in [0.5, 0.6) is 0 Å². The summed E-state index contributed by atoms with van der Waals surface area (Å²) in [6, 6.07) is 0. The van der Waals surface area contributed by atoms with Crippen molar-refractivity contribution in [3.8, 4) is 0 Å². The molecule has 0 aliphatic carbocycles. The zero-order valence-electron chi connectivity index (χ0n) is 12.1. The summed E-state index contributed by atoms with van der Waals surface area (Å²) in [5, 5.41) is 0. The Bertz CT molecular complexity index is 315. The largest absolute Gasteiger partial charge is 0.381 e. The van der Waals surface area contributed by atoms with Gasteiger partial charge in [0.15, 0.2) is 0 Å². The number of carbonyl (C=O) groups excluding carboxylic acids is 1. The van der Waals surface area contributed by atoms with Crippen LogP contribution in [0.3, 0.4) is 0 Å². The summed E-state index contributed by atoms with van der Waals surface area (Å²) in [7, 11) is 0. The summed E-state index contributed by atoms with van der Waals surface area (Å²) in [5.74, 6) is 0.142. The number of nitrogens with two attached hydrogens (primary N) is 1. The number of amides is 1. The lowest BCUT2D eigenvalue weighted by Crippen LogP contribution is -2.58. The first-order chi connectivity index (χ1) is 8.43. The van der Waals surface area contributed by atoms with Gasteiger partial charge >= 0.3 is 0 Å². The first-order valence-corrected chi connectivity index (χ1v) is 7.09. The number of rotatable bonds is 1. The number of hydrogen-bond acceptors (Lipinski definition) is 3. The van der Waals surface area contributed by atoms with Crippen molar-refractivity contribution in [3.63, 3.8) is 0 Å². The van der Waals surface area contributed by atoms with Crippen molar-refractivity contribution in [2.24, 2.45) is 11.1 Å². The Morgan fingerprint density at radius 3 is 2.37 bits per heavy atom. The van der Waals surface area contributed by atoms with Crippen molar-refractivity contribution in [2.45, 2.75) is 51.5 Å². The van der Waals surface area contributed by atoms with E-state index in [2.05, 4.69) is 13.8 Å². The fourth-order valence-corrected chi connectivity index (χ4v) is 2.89. The van der Waals surface area contributed by atoms with Crippen LogP contribution in [0.1, 0.15) is 46.0 Å². The second kappa shape index (κ2) is 6.42. The van der Waals surface area contributed by atoms with E-state index < -0.39 is 5.54 Å². The van der Waals surface area contributed by atoms with Crippen LogP contribution in [0, 0.1) is 5.41 Å². The fourth-order valence-electron chi connectivity index (χ4n) is 2.89. The third-order valence-corrected chi connectivity index (χ3v) is 4.44. The highest BCUT2D eigenvalue weighted by Crippen LogP contribution is 2.31. The van der Waals surface area contributed by atoms with Gasteiger partial charge in [-0.2, -0.15) is 0 Å². The quantitative estimate of drug-likeness (QED) is 0.803. The number of hydrogen-bond donors (Lipinski definition) is 1. The van der Waals surface area contributed by atoms with Crippen molar-refractivity contribution in [3.05, 3.63) is 0 Å². The van der Waals surface area contributed by atoms with E-state index in [4.69, 9.17) is 10.5 Å². The van der Waals surface area contributed by atoms with Crippen LogP contribution >= 0.6 is 12.4 Å². The molecule has 0 saturated carbocycles. The van der Waals surface area contributed by atoms with Gasteiger partial charge in [0.05, 0.1) is 5.54 Å². The first kappa shape index (κ1) is 16.7. The second-order valence-electron chi connectivity index (χ2n) is 6.58. The Labute approximate surface area is 122 Å². The predicted molar refractivity (Wildman–Crippen MR) is 78.4 cm³/mol. The number of halogens is 1. The maximum absolute atomic E-state index is 12.6. The van der Waals surface area contributed by atoms with Crippen molar-refractivity contribution in [1.82, 2.24) is 4.90 Å². The second-order valence-corrected chi connectivity index (χ2v) is 6.58. The lowest BCUT2D eigenvalue weighted by atomic mass is 9.85. The maximum atomic E-state index is 12.6. The van der Waals surface area contributed by atoms with E-state index >= 15 is 0 Å². The summed E-state index contributed by atoms with van der Waals surface area (Å²) in [6.07, 6.45) is 4.67. The highest BCUT2D eigenvalue weighted by molar-refractivity contribution is 5.86. The van der Waals surface area contributed by atoms with E-state index in [1.807, 2.05) is 4.90 Å². The summed E-state index contributed by atoms with van der Waals surface area (Å²) >= 11 is 0. The van der Waals surface area contributed by atoms with E-state index in [0.717, 1.165) is 25.9 Å². The molecule has 2 N–H and O–H groups in total. The zero-order valence-corrected chi connectivity index (χ0v) is 12.9. The van der Waals surface area contributed by atoms with Gasteiger partial charge in [-0.3, -0.25) is 4.79 Å². The van der Waals surface area contributed by atoms with Crippen LogP contribution in [0.2, 0.25) is 0 Å². The van der Waals surface area contributed by atoms with Gasteiger partial charge in [-0.25, -0.2) is 0 Å². The average molecular weight is 291 g/mol. The summed E-state index contributed by atoms with van der Waals surface area (Å²) in [6.45, 7) is 7.51. The van der Waals surface area contributed by atoms with E-state index in [-0.39, 0.29) is 18.3 Å². The molecule has 112 valence electrons. The third-order valence-electron chi connectivity index (χ3n) is 4.44. The molecule has 2 heterocycles. The first-order valence-electron chi connectivity index (χ1n) is 7.09. The molecule has 0 bridgehead atoms. The monoisotopic (exact) mass is 290 g/mol. The van der Waals surface area contributed by atoms with Crippen LogP contribution in [-0.4, -0.2) is 42.6 Å². The molecule has 0 spiro atoms. The molecule has 2 rings (SSSR count). The summed E-state index contributed by atoms with van der Waals surface area (Å²) in [5.41, 5.74) is 5.96. The SMILES string of the molecule is CC1(C)CCCN(C(=O)C2(N)CCOCC2)CC1.Cl. The van der Waals surface area contributed by atoms with Crippen molar-refractivity contribution >= 4 is 18.3 Å².